The van der Waals surface area contributed by atoms with Gasteiger partial charge in [-0.25, -0.2) is 0 Å². The second kappa shape index (κ2) is 8.25. The number of carbonyl (C=O) groups is 1. The van der Waals surface area contributed by atoms with Crippen LogP contribution in [0.1, 0.15) is 31.2 Å². The molecule has 4 nitrogen and oxygen atoms in total. The number of rotatable bonds is 3. The first-order chi connectivity index (χ1) is 11.8. The van der Waals surface area contributed by atoms with Gasteiger partial charge < -0.3 is 9.80 Å². The number of nitriles is 1. The summed E-state index contributed by atoms with van der Waals surface area (Å²) in [6.45, 7) is 3.21. The average molecular weight is 341 g/mol. The highest BCUT2D eigenvalue weighted by atomic mass is 32.2. The molecule has 0 bridgehead atoms. The van der Waals surface area contributed by atoms with Gasteiger partial charge in [0.15, 0.2) is 0 Å². The zero-order valence-electron chi connectivity index (χ0n) is 13.9. The zero-order valence-corrected chi connectivity index (χ0v) is 14.7. The van der Waals surface area contributed by atoms with E-state index in [0.717, 1.165) is 56.2 Å². The molecule has 0 unspecified atom stereocenters. The van der Waals surface area contributed by atoms with Crippen LogP contribution >= 0.6 is 11.8 Å². The smallest absolute Gasteiger partial charge is 0.267 e. The molecule has 3 rings (SSSR count). The van der Waals surface area contributed by atoms with Gasteiger partial charge in [0.1, 0.15) is 11.6 Å². The predicted molar refractivity (Wildman–Crippen MR) is 97.0 cm³/mol. The summed E-state index contributed by atoms with van der Waals surface area (Å²) in [4.78, 5) is 16.9. The molecule has 2 fully saturated rings. The number of thioether (sulfide) groups is 1. The number of likely N-dealkylation sites (tertiary alicyclic amines) is 1. The maximum absolute atomic E-state index is 12.8. The number of carbonyl (C=O) groups excluding carboxylic acids is 1. The summed E-state index contributed by atoms with van der Waals surface area (Å²) < 4.78 is 0. The first-order valence-electron chi connectivity index (χ1n) is 8.65. The van der Waals surface area contributed by atoms with Crippen molar-refractivity contribution in [3.63, 3.8) is 0 Å². The van der Waals surface area contributed by atoms with E-state index in [1.54, 1.807) is 11.8 Å². The van der Waals surface area contributed by atoms with Crippen LogP contribution in [0, 0.1) is 11.3 Å². The van der Waals surface area contributed by atoms with Crippen molar-refractivity contribution in [2.75, 3.05) is 25.4 Å². The number of hydrogen-bond donors (Lipinski definition) is 0. The quantitative estimate of drug-likeness (QED) is 0.625. The highest BCUT2D eigenvalue weighted by Gasteiger charge is 2.27. The number of benzene rings is 1. The minimum absolute atomic E-state index is 0.0836. The fourth-order valence-electron chi connectivity index (χ4n) is 3.24. The molecule has 0 aliphatic carbocycles. The third kappa shape index (κ3) is 3.93. The van der Waals surface area contributed by atoms with E-state index >= 15 is 0 Å². The summed E-state index contributed by atoms with van der Waals surface area (Å²) in [5, 5.41) is 10.5. The van der Waals surface area contributed by atoms with Crippen LogP contribution < -0.4 is 0 Å². The van der Waals surface area contributed by atoms with E-state index in [0.29, 0.717) is 5.57 Å². The molecule has 2 saturated heterocycles. The van der Waals surface area contributed by atoms with Gasteiger partial charge in [-0.3, -0.25) is 4.79 Å². The molecule has 0 aromatic heterocycles. The molecule has 0 spiro atoms. The predicted octanol–water partition coefficient (Wildman–Crippen LogP) is 3.37. The molecular weight excluding hydrogens is 318 g/mol. The third-order valence-corrected chi connectivity index (χ3v) is 5.73. The molecule has 2 aliphatic rings. The van der Waals surface area contributed by atoms with Crippen molar-refractivity contribution in [2.45, 2.75) is 32.2 Å². The van der Waals surface area contributed by atoms with Crippen molar-refractivity contribution in [1.82, 2.24) is 9.80 Å². The Labute approximate surface area is 148 Å². The van der Waals surface area contributed by atoms with E-state index in [1.807, 2.05) is 23.1 Å². The maximum Gasteiger partial charge on any atom is 0.267 e. The second-order valence-corrected chi connectivity index (χ2v) is 7.34. The maximum atomic E-state index is 12.8. The van der Waals surface area contributed by atoms with Crippen molar-refractivity contribution >= 4 is 17.7 Å². The third-order valence-electron chi connectivity index (χ3n) is 4.50. The molecule has 1 amide bonds. The Bertz CT molecular complexity index is 644. The molecule has 0 N–H and O–H groups in total. The Hall–Kier alpha value is -1.93. The molecular formula is C19H23N3OS. The van der Waals surface area contributed by atoms with Gasteiger partial charge in [-0.05, 0) is 31.2 Å². The van der Waals surface area contributed by atoms with Crippen molar-refractivity contribution in [3.8, 4) is 6.07 Å². The minimum atomic E-state index is -0.0836. The fraction of sp³-hybridized carbons (Fsp3) is 0.474. The summed E-state index contributed by atoms with van der Waals surface area (Å²) in [7, 11) is 0. The van der Waals surface area contributed by atoms with Gasteiger partial charge in [0.25, 0.3) is 5.91 Å². The van der Waals surface area contributed by atoms with Crippen molar-refractivity contribution in [2.24, 2.45) is 0 Å². The van der Waals surface area contributed by atoms with Crippen molar-refractivity contribution in [3.05, 3.63) is 46.5 Å². The van der Waals surface area contributed by atoms with E-state index in [9.17, 15) is 10.1 Å². The second-order valence-electron chi connectivity index (χ2n) is 6.25. The largest absolute Gasteiger partial charge is 0.361 e. The van der Waals surface area contributed by atoms with Crippen LogP contribution in [-0.2, 0) is 11.3 Å². The summed E-state index contributed by atoms with van der Waals surface area (Å²) >= 11 is 1.65. The number of amides is 1. The van der Waals surface area contributed by atoms with E-state index in [2.05, 4.69) is 23.1 Å². The normalized spacial score (nSPS) is 20.5. The average Bonchev–Trinajstić information content (AvgIpc) is 2.65. The molecule has 126 valence electrons. The van der Waals surface area contributed by atoms with Crippen LogP contribution in [0.5, 0.6) is 0 Å². The molecule has 0 atom stereocenters. The standard InChI is InChI=1S/C19H23N3OS/c20-14-17(18(23)21-10-5-2-6-11-21)19-22(12-7-13-24-19)15-16-8-3-1-4-9-16/h1,3-4,8-9H,2,5-7,10-13,15H2/b19-17+. The van der Waals surface area contributed by atoms with E-state index in [4.69, 9.17) is 0 Å². The van der Waals surface area contributed by atoms with Gasteiger partial charge in [0, 0.05) is 31.9 Å². The van der Waals surface area contributed by atoms with Gasteiger partial charge >= 0.3 is 0 Å². The first kappa shape index (κ1) is 16.9. The molecule has 0 radical (unpaired) electrons. The Morgan fingerprint density at radius 2 is 1.83 bits per heavy atom. The van der Waals surface area contributed by atoms with Gasteiger partial charge in [-0.1, -0.05) is 30.3 Å². The lowest BCUT2D eigenvalue weighted by Gasteiger charge is -2.33. The molecule has 2 aliphatic heterocycles. The van der Waals surface area contributed by atoms with Crippen molar-refractivity contribution in [1.29, 1.82) is 5.26 Å². The lowest BCUT2D eigenvalue weighted by molar-refractivity contribution is -0.127. The molecule has 0 saturated carbocycles. The zero-order chi connectivity index (χ0) is 16.8. The molecule has 1 aromatic carbocycles. The fourth-order valence-corrected chi connectivity index (χ4v) is 4.33. The summed E-state index contributed by atoms with van der Waals surface area (Å²) in [5.41, 5.74) is 1.54. The van der Waals surface area contributed by atoms with Crippen LogP contribution in [0.2, 0.25) is 0 Å². The summed E-state index contributed by atoms with van der Waals surface area (Å²) in [5.74, 6) is 0.888. The van der Waals surface area contributed by atoms with Gasteiger partial charge in [-0.2, -0.15) is 5.26 Å². The van der Waals surface area contributed by atoms with Gasteiger partial charge in [-0.15, -0.1) is 11.8 Å². The Morgan fingerprint density at radius 1 is 1.08 bits per heavy atom. The summed E-state index contributed by atoms with van der Waals surface area (Å²) in [6, 6.07) is 12.5. The first-order valence-corrected chi connectivity index (χ1v) is 9.63. The Morgan fingerprint density at radius 3 is 2.54 bits per heavy atom. The highest BCUT2D eigenvalue weighted by Crippen LogP contribution is 2.32. The number of hydrogen-bond acceptors (Lipinski definition) is 4. The number of piperidine rings is 1. The van der Waals surface area contributed by atoms with Gasteiger partial charge in [0.05, 0.1) is 5.03 Å². The van der Waals surface area contributed by atoms with Crippen LogP contribution in [-0.4, -0.2) is 41.1 Å². The Balaban J connectivity index is 1.84. The SMILES string of the molecule is N#C/C(C(=O)N1CCCCC1)=C1\SCCCN1Cc1ccccc1. The Kier molecular flexibility index (Phi) is 5.81. The lowest BCUT2D eigenvalue weighted by atomic mass is 10.1. The van der Waals surface area contributed by atoms with E-state index in [1.165, 1.54) is 12.0 Å². The van der Waals surface area contributed by atoms with Gasteiger partial charge in [0.2, 0.25) is 0 Å². The molecule has 24 heavy (non-hydrogen) atoms. The summed E-state index contributed by atoms with van der Waals surface area (Å²) in [6.07, 6.45) is 4.34. The minimum Gasteiger partial charge on any atom is -0.361 e. The number of nitrogens with zero attached hydrogens (tertiary/aromatic N) is 3. The lowest BCUT2D eigenvalue weighted by Crippen LogP contribution is -2.38. The van der Waals surface area contributed by atoms with Crippen LogP contribution in [0.25, 0.3) is 0 Å². The molecule has 5 heteroatoms. The monoisotopic (exact) mass is 341 g/mol. The van der Waals surface area contributed by atoms with E-state index in [-0.39, 0.29) is 5.91 Å². The highest BCUT2D eigenvalue weighted by molar-refractivity contribution is 8.03. The topological polar surface area (TPSA) is 47.3 Å². The molecule has 1 aromatic rings. The van der Waals surface area contributed by atoms with Crippen LogP contribution in [0.4, 0.5) is 0 Å². The van der Waals surface area contributed by atoms with Crippen molar-refractivity contribution < 1.29 is 4.79 Å². The van der Waals surface area contributed by atoms with E-state index < -0.39 is 0 Å². The van der Waals surface area contributed by atoms with Crippen LogP contribution in [0.15, 0.2) is 40.9 Å². The van der Waals surface area contributed by atoms with Crippen LogP contribution in [0.3, 0.4) is 0 Å². The molecule has 2 heterocycles.